The average Bonchev–Trinajstić information content (AvgIpc) is 2.68. The molecule has 0 radical (unpaired) electrons. The normalized spacial score (nSPS) is 25.0. The minimum atomic E-state index is 0. The highest BCUT2D eigenvalue weighted by atomic mass is 79.9. The van der Waals surface area contributed by atoms with Crippen molar-refractivity contribution < 1.29 is 4.79 Å². The summed E-state index contributed by atoms with van der Waals surface area (Å²) < 4.78 is 0.894. The molecule has 6 heteroatoms. The Morgan fingerprint density at radius 3 is 2.80 bits per heavy atom. The quantitative estimate of drug-likeness (QED) is 0.809. The molecule has 20 heavy (non-hydrogen) atoms. The number of carbonyl (C=O) groups is 1. The van der Waals surface area contributed by atoms with Crippen molar-refractivity contribution in [1.82, 2.24) is 10.2 Å². The molecule has 3 nitrogen and oxygen atoms in total. The van der Waals surface area contributed by atoms with Crippen LogP contribution in [0, 0.1) is 0 Å². The lowest BCUT2D eigenvalue weighted by Crippen LogP contribution is -2.39. The highest BCUT2D eigenvalue weighted by molar-refractivity contribution is 9.10. The SMILES string of the molecule is Cl.O=C(c1ccc(Br)cc1Cl)N1CCC2CCC(C1)N2. The summed E-state index contributed by atoms with van der Waals surface area (Å²) in [6.45, 7) is 1.61. The van der Waals surface area contributed by atoms with E-state index < -0.39 is 0 Å². The fourth-order valence-electron chi connectivity index (χ4n) is 2.96. The van der Waals surface area contributed by atoms with Crippen LogP contribution in [0.3, 0.4) is 0 Å². The van der Waals surface area contributed by atoms with E-state index in [1.165, 1.54) is 12.8 Å². The second-order valence-electron chi connectivity index (χ2n) is 5.30. The molecular weight excluding hydrogens is 363 g/mol. The number of nitrogens with zero attached hydrogens (tertiary/aromatic N) is 1. The van der Waals surface area contributed by atoms with Gasteiger partial charge in [0.15, 0.2) is 0 Å². The molecule has 1 aromatic rings. The van der Waals surface area contributed by atoms with E-state index in [9.17, 15) is 4.79 Å². The van der Waals surface area contributed by atoms with Gasteiger partial charge in [0.2, 0.25) is 0 Å². The lowest BCUT2D eigenvalue weighted by molar-refractivity contribution is 0.0748. The number of benzene rings is 1. The van der Waals surface area contributed by atoms with Crippen molar-refractivity contribution in [3.05, 3.63) is 33.3 Å². The summed E-state index contributed by atoms with van der Waals surface area (Å²) in [5.74, 6) is 0.0480. The Labute approximate surface area is 138 Å². The van der Waals surface area contributed by atoms with Gasteiger partial charge < -0.3 is 10.2 Å². The minimum absolute atomic E-state index is 0. The van der Waals surface area contributed by atoms with E-state index in [0.29, 0.717) is 22.7 Å². The number of fused-ring (bicyclic) bond motifs is 2. The molecule has 3 rings (SSSR count). The van der Waals surface area contributed by atoms with Gasteiger partial charge in [0.1, 0.15) is 0 Å². The largest absolute Gasteiger partial charge is 0.337 e. The zero-order chi connectivity index (χ0) is 13.4. The summed E-state index contributed by atoms with van der Waals surface area (Å²) in [5.41, 5.74) is 0.600. The van der Waals surface area contributed by atoms with Gasteiger partial charge in [-0.25, -0.2) is 0 Å². The Morgan fingerprint density at radius 1 is 1.30 bits per heavy atom. The van der Waals surface area contributed by atoms with E-state index in [0.717, 1.165) is 24.0 Å². The first-order valence-electron chi connectivity index (χ1n) is 6.64. The van der Waals surface area contributed by atoms with Crippen molar-refractivity contribution >= 4 is 45.8 Å². The zero-order valence-electron chi connectivity index (χ0n) is 10.9. The van der Waals surface area contributed by atoms with Crippen LogP contribution in [0.2, 0.25) is 5.02 Å². The molecule has 0 spiro atoms. The molecule has 110 valence electrons. The number of amides is 1. The monoisotopic (exact) mass is 378 g/mol. The molecule has 2 unspecified atom stereocenters. The van der Waals surface area contributed by atoms with Gasteiger partial charge in [0.25, 0.3) is 5.91 Å². The van der Waals surface area contributed by atoms with Crippen LogP contribution in [0.1, 0.15) is 29.6 Å². The molecule has 2 fully saturated rings. The number of hydrogen-bond acceptors (Lipinski definition) is 2. The summed E-state index contributed by atoms with van der Waals surface area (Å²) >= 11 is 9.53. The molecule has 0 aliphatic carbocycles. The molecule has 2 heterocycles. The highest BCUT2D eigenvalue weighted by Gasteiger charge is 2.31. The predicted molar refractivity (Wildman–Crippen MR) is 86.9 cm³/mol. The Balaban J connectivity index is 0.00000147. The van der Waals surface area contributed by atoms with Crippen LogP contribution >= 0.6 is 39.9 Å². The molecule has 1 aromatic carbocycles. The molecule has 2 aliphatic rings. The Bertz CT molecular complexity index is 512. The third-order valence-corrected chi connectivity index (χ3v) is 4.78. The lowest BCUT2D eigenvalue weighted by Gasteiger charge is -2.24. The maximum absolute atomic E-state index is 12.6. The van der Waals surface area contributed by atoms with Gasteiger partial charge in [-0.05, 0) is 37.5 Å². The molecule has 1 N–H and O–H groups in total. The molecule has 1 amide bonds. The van der Waals surface area contributed by atoms with Crippen molar-refractivity contribution in [1.29, 1.82) is 0 Å². The zero-order valence-corrected chi connectivity index (χ0v) is 14.1. The van der Waals surface area contributed by atoms with Crippen LogP contribution in [0.25, 0.3) is 0 Å². The molecule has 2 atom stereocenters. The van der Waals surface area contributed by atoms with Gasteiger partial charge in [-0.1, -0.05) is 27.5 Å². The van der Waals surface area contributed by atoms with Crippen LogP contribution < -0.4 is 5.32 Å². The first-order valence-corrected chi connectivity index (χ1v) is 7.81. The summed E-state index contributed by atoms with van der Waals surface area (Å²) in [4.78, 5) is 14.5. The fraction of sp³-hybridized carbons (Fsp3) is 0.500. The van der Waals surface area contributed by atoms with Gasteiger partial charge >= 0.3 is 0 Å². The first-order chi connectivity index (χ1) is 9.13. The smallest absolute Gasteiger partial charge is 0.255 e. The summed E-state index contributed by atoms with van der Waals surface area (Å²) in [7, 11) is 0. The number of carbonyl (C=O) groups excluding carboxylic acids is 1. The lowest BCUT2D eigenvalue weighted by atomic mass is 10.1. The number of likely N-dealkylation sites (tertiary alicyclic amines) is 1. The molecule has 2 saturated heterocycles. The fourth-order valence-corrected chi connectivity index (χ4v) is 3.71. The Morgan fingerprint density at radius 2 is 2.05 bits per heavy atom. The molecule has 0 saturated carbocycles. The average molecular weight is 380 g/mol. The van der Waals surface area contributed by atoms with Gasteiger partial charge in [-0.2, -0.15) is 0 Å². The van der Waals surface area contributed by atoms with Crippen molar-refractivity contribution in [3.63, 3.8) is 0 Å². The Kier molecular flexibility index (Phi) is 5.35. The first kappa shape index (κ1) is 16.1. The maximum Gasteiger partial charge on any atom is 0.255 e. The molecular formula is C14H17BrCl2N2O. The van der Waals surface area contributed by atoms with Crippen molar-refractivity contribution in [2.45, 2.75) is 31.3 Å². The second kappa shape index (κ2) is 6.65. The molecule has 2 aliphatic heterocycles. The van der Waals surface area contributed by atoms with Crippen LogP contribution in [-0.4, -0.2) is 36.0 Å². The maximum atomic E-state index is 12.6. The summed E-state index contributed by atoms with van der Waals surface area (Å²) in [5, 5.41) is 4.09. The predicted octanol–water partition coefficient (Wildman–Crippen LogP) is 3.49. The highest BCUT2D eigenvalue weighted by Crippen LogP contribution is 2.25. The van der Waals surface area contributed by atoms with Gasteiger partial charge in [-0.3, -0.25) is 4.79 Å². The second-order valence-corrected chi connectivity index (χ2v) is 6.62. The van der Waals surface area contributed by atoms with E-state index in [1.807, 2.05) is 11.0 Å². The topological polar surface area (TPSA) is 32.3 Å². The van der Waals surface area contributed by atoms with E-state index in [2.05, 4.69) is 21.2 Å². The van der Waals surface area contributed by atoms with E-state index in [4.69, 9.17) is 11.6 Å². The third-order valence-electron chi connectivity index (χ3n) is 3.97. The van der Waals surface area contributed by atoms with Gasteiger partial charge in [0, 0.05) is 29.6 Å². The minimum Gasteiger partial charge on any atom is -0.337 e. The standard InChI is InChI=1S/C14H16BrClN2O.ClH/c15-9-1-4-12(13(16)7-9)14(19)18-6-5-10-2-3-11(8-18)17-10;/h1,4,7,10-11,17H,2-3,5-6,8H2;1H. The van der Waals surface area contributed by atoms with Crippen LogP contribution in [0.4, 0.5) is 0 Å². The number of rotatable bonds is 1. The van der Waals surface area contributed by atoms with Crippen molar-refractivity contribution in [2.24, 2.45) is 0 Å². The Hall–Kier alpha value is -0.290. The number of hydrogen-bond donors (Lipinski definition) is 1. The van der Waals surface area contributed by atoms with Crippen molar-refractivity contribution in [3.8, 4) is 0 Å². The van der Waals surface area contributed by atoms with Crippen LogP contribution in [0.5, 0.6) is 0 Å². The van der Waals surface area contributed by atoms with E-state index in [1.54, 1.807) is 12.1 Å². The van der Waals surface area contributed by atoms with Crippen molar-refractivity contribution in [2.75, 3.05) is 13.1 Å². The van der Waals surface area contributed by atoms with Crippen LogP contribution in [0.15, 0.2) is 22.7 Å². The van der Waals surface area contributed by atoms with Gasteiger partial charge in [0.05, 0.1) is 10.6 Å². The molecule has 0 aromatic heterocycles. The van der Waals surface area contributed by atoms with E-state index >= 15 is 0 Å². The third kappa shape index (κ3) is 3.30. The van der Waals surface area contributed by atoms with E-state index in [-0.39, 0.29) is 18.3 Å². The van der Waals surface area contributed by atoms with Crippen LogP contribution in [-0.2, 0) is 0 Å². The summed E-state index contributed by atoms with van der Waals surface area (Å²) in [6, 6.07) is 6.47. The molecule has 2 bridgehead atoms. The number of nitrogens with one attached hydrogen (secondary N) is 1. The number of halogens is 3. The summed E-state index contributed by atoms with van der Waals surface area (Å²) in [6.07, 6.45) is 3.45. The van der Waals surface area contributed by atoms with Gasteiger partial charge in [-0.15, -0.1) is 12.4 Å².